The summed E-state index contributed by atoms with van der Waals surface area (Å²) >= 11 is 0. The van der Waals surface area contributed by atoms with Crippen LogP contribution in [0.2, 0.25) is 0 Å². The number of nitrogens with one attached hydrogen (secondary N) is 2. The van der Waals surface area contributed by atoms with Gasteiger partial charge in [-0.3, -0.25) is 9.59 Å². The number of amides is 2. The summed E-state index contributed by atoms with van der Waals surface area (Å²) in [6, 6.07) is 6.55. The van der Waals surface area contributed by atoms with Crippen LogP contribution in [-0.2, 0) is 4.79 Å². The molecule has 6 nitrogen and oxygen atoms in total. The van der Waals surface area contributed by atoms with Crippen LogP contribution in [0.25, 0.3) is 0 Å². The van der Waals surface area contributed by atoms with Crippen molar-refractivity contribution in [2.75, 3.05) is 19.7 Å². The van der Waals surface area contributed by atoms with Crippen LogP contribution in [-0.4, -0.2) is 37.6 Å². The van der Waals surface area contributed by atoms with Gasteiger partial charge in [-0.2, -0.15) is 0 Å². The molecule has 20 heavy (non-hydrogen) atoms. The number of nitrogens with two attached hydrogens (primary N) is 1. The molecule has 1 atom stereocenters. The Labute approximate surface area is 123 Å². The van der Waals surface area contributed by atoms with Gasteiger partial charge in [0, 0.05) is 18.2 Å². The summed E-state index contributed by atoms with van der Waals surface area (Å²) in [7, 11) is 0. The maximum atomic E-state index is 11.6. The third-order valence-corrected chi connectivity index (χ3v) is 2.93. The van der Waals surface area contributed by atoms with Gasteiger partial charge >= 0.3 is 0 Å². The molecule has 1 fully saturated rings. The Balaban J connectivity index is 0.00000200. The average Bonchev–Trinajstić information content (AvgIpc) is 2.89. The largest absolute Gasteiger partial charge is 0.484 e. The number of primary amides is 1. The van der Waals surface area contributed by atoms with Crippen molar-refractivity contribution < 1.29 is 14.3 Å². The van der Waals surface area contributed by atoms with Crippen LogP contribution >= 0.6 is 12.4 Å². The summed E-state index contributed by atoms with van der Waals surface area (Å²) in [5.74, 6) is -0.101. The van der Waals surface area contributed by atoms with Crippen molar-refractivity contribution in [3.8, 4) is 5.75 Å². The van der Waals surface area contributed by atoms with Crippen molar-refractivity contribution in [2.45, 2.75) is 12.5 Å². The molecule has 1 aromatic rings. The fraction of sp³-hybridized carbons (Fsp3) is 0.385. The molecule has 2 amide bonds. The number of rotatable bonds is 5. The van der Waals surface area contributed by atoms with Crippen molar-refractivity contribution in [2.24, 2.45) is 5.73 Å². The standard InChI is InChI=1S/C13H17N3O3.ClH/c14-13(18)9-1-3-11(4-2-9)19-8-12(17)16-10-5-6-15-7-10;/h1-4,10,15H,5-8H2,(H2,14,18)(H,16,17);1H. The molecule has 1 aliphatic rings. The van der Waals surface area contributed by atoms with E-state index in [1.54, 1.807) is 24.3 Å². The number of hydrogen-bond donors (Lipinski definition) is 3. The highest BCUT2D eigenvalue weighted by molar-refractivity contribution is 5.92. The fourth-order valence-corrected chi connectivity index (χ4v) is 1.91. The molecule has 1 aromatic carbocycles. The molecular weight excluding hydrogens is 282 g/mol. The first-order valence-electron chi connectivity index (χ1n) is 6.18. The van der Waals surface area contributed by atoms with Crippen molar-refractivity contribution in [1.29, 1.82) is 0 Å². The van der Waals surface area contributed by atoms with Gasteiger partial charge in [0.25, 0.3) is 5.91 Å². The van der Waals surface area contributed by atoms with Gasteiger partial charge in [-0.05, 0) is 37.2 Å². The van der Waals surface area contributed by atoms with Gasteiger partial charge in [-0.25, -0.2) is 0 Å². The lowest BCUT2D eigenvalue weighted by molar-refractivity contribution is -0.123. The normalized spacial score (nSPS) is 17.1. The van der Waals surface area contributed by atoms with Crippen LogP contribution in [0.15, 0.2) is 24.3 Å². The summed E-state index contributed by atoms with van der Waals surface area (Å²) in [4.78, 5) is 22.5. The lowest BCUT2D eigenvalue weighted by Gasteiger charge is -2.12. The Hall–Kier alpha value is -1.79. The number of carbonyl (C=O) groups excluding carboxylic acids is 2. The zero-order valence-corrected chi connectivity index (χ0v) is 11.7. The Kier molecular flexibility index (Phi) is 6.27. The Morgan fingerprint density at radius 3 is 2.60 bits per heavy atom. The first kappa shape index (κ1) is 16.3. The van der Waals surface area contributed by atoms with E-state index in [1.807, 2.05) is 0 Å². The Bertz CT molecular complexity index is 458. The topological polar surface area (TPSA) is 93.5 Å². The molecule has 1 saturated heterocycles. The van der Waals surface area contributed by atoms with Crippen LogP contribution in [0.5, 0.6) is 5.75 Å². The van der Waals surface area contributed by atoms with Crippen molar-refractivity contribution in [3.63, 3.8) is 0 Å². The molecule has 1 unspecified atom stereocenters. The van der Waals surface area contributed by atoms with E-state index in [1.165, 1.54) is 0 Å². The van der Waals surface area contributed by atoms with E-state index in [-0.39, 0.29) is 31.0 Å². The Morgan fingerprint density at radius 2 is 2.05 bits per heavy atom. The predicted octanol–water partition coefficient (Wildman–Crippen LogP) is 0.0642. The second-order valence-electron chi connectivity index (χ2n) is 4.43. The number of hydrogen-bond acceptors (Lipinski definition) is 4. The highest BCUT2D eigenvalue weighted by atomic mass is 35.5. The quantitative estimate of drug-likeness (QED) is 0.717. The van der Waals surface area contributed by atoms with Crippen LogP contribution in [0.3, 0.4) is 0 Å². The van der Waals surface area contributed by atoms with Gasteiger partial charge in [0.15, 0.2) is 6.61 Å². The lowest BCUT2D eigenvalue weighted by Crippen LogP contribution is -2.39. The Morgan fingerprint density at radius 1 is 1.35 bits per heavy atom. The molecule has 0 radical (unpaired) electrons. The average molecular weight is 300 g/mol. The van der Waals surface area contributed by atoms with Crippen LogP contribution < -0.4 is 21.1 Å². The lowest BCUT2D eigenvalue weighted by atomic mass is 10.2. The SMILES string of the molecule is Cl.NC(=O)c1ccc(OCC(=O)NC2CCNC2)cc1. The highest BCUT2D eigenvalue weighted by Crippen LogP contribution is 2.11. The van der Waals surface area contributed by atoms with Gasteiger partial charge in [0.2, 0.25) is 5.91 Å². The number of halogens is 1. The maximum Gasteiger partial charge on any atom is 0.258 e. The van der Waals surface area contributed by atoms with Gasteiger partial charge in [-0.15, -0.1) is 12.4 Å². The fourth-order valence-electron chi connectivity index (χ4n) is 1.91. The zero-order chi connectivity index (χ0) is 13.7. The summed E-state index contributed by atoms with van der Waals surface area (Å²) in [5, 5.41) is 6.05. The number of ether oxygens (including phenoxy) is 1. The van der Waals surface area contributed by atoms with Crippen LogP contribution in [0.1, 0.15) is 16.8 Å². The maximum absolute atomic E-state index is 11.6. The van der Waals surface area contributed by atoms with E-state index < -0.39 is 5.91 Å². The van der Waals surface area contributed by atoms with Crippen molar-refractivity contribution in [1.82, 2.24) is 10.6 Å². The second kappa shape index (κ2) is 7.72. The van der Waals surface area contributed by atoms with Crippen molar-refractivity contribution >= 4 is 24.2 Å². The smallest absolute Gasteiger partial charge is 0.258 e. The first-order valence-corrected chi connectivity index (χ1v) is 6.18. The molecule has 7 heteroatoms. The second-order valence-corrected chi connectivity index (χ2v) is 4.43. The molecule has 110 valence electrons. The first-order chi connectivity index (χ1) is 9.15. The molecule has 0 aliphatic carbocycles. The molecule has 0 saturated carbocycles. The molecule has 1 heterocycles. The zero-order valence-electron chi connectivity index (χ0n) is 10.9. The minimum atomic E-state index is -0.488. The summed E-state index contributed by atoms with van der Waals surface area (Å²) < 4.78 is 5.33. The van der Waals surface area contributed by atoms with E-state index in [0.717, 1.165) is 19.5 Å². The monoisotopic (exact) mass is 299 g/mol. The minimum absolute atomic E-state index is 0. The van der Waals surface area contributed by atoms with E-state index in [4.69, 9.17) is 10.5 Å². The van der Waals surface area contributed by atoms with Gasteiger partial charge < -0.3 is 21.1 Å². The molecule has 0 bridgehead atoms. The highest BCUT2D eigenvalue weighted by Gasteiger charge is 2.16. The van der Waals surface area contributed by atoms with Crippen LogP contribution in [0.4, 0.5) is 0 Å². The molecule has 1 aliphatic heterocycles. The van der Waals surface area contributed by atoms with Gasteiger partial charge in [-0.1, -0.05) is 0 Å². The van der Waals surface area contributed by atoms with E-state index in [2.05, 4.69) is 10.6 Å². The molecule has 2 rings (SSSR count). The molecule has 0 aromatic heterocycles. The minimum Gasteiger partial charge on any atom is -0.484 e. The summed E-state index contributed by atoms with van der Waals surface area (Å²) in [5.41, 5.74) is 5.54. The van der Waals surface area contributed by atoms with E-state index >= 15 is 0 Å². The molecule has 4 N–H and O–H groups in total. The van der Waals surface area contributed by atoms with E-state index in [0.29, 0.717) is 11.3 Å². The summed E-state index contributed by atoms with van der Waals surface area (Å²) in [6.45, 7) is 1.70. The molecule has 0 spiro atoms. The third-order valence-electron chi connectivity index (χ3n) is 2.93. The number of carbonyl (C=O) groups is 2. The molecular formula is C13H18ClN3O3. The predicted molar refractivity (Wildman–Crippen MR) is 77.1 cm³/mol. The van der Waals surface area contributed by atoms with E-state index in [9.17, 15) is 9.59 Å². The number of benzene rings is 1. The van der Waals surface area contributed by atoms with Gasteiger partial charge in [0.1, 0.15) is 5.75 Å². The third kappa shape index (κ3) is 4.71. The summed E-state index contributed by atoms with van der Waals surface area (Å²) in [6.07, 6.45) is 0.944. The van der Waals surface area contributed by atoms with Crippen molar-refractivity contribution in [3.05, 3.63) is 29.8 Å². The van der Waals surface area contributed by atoms with Gasteiger partial charge in [0.05, 0.1) is 0 Å². The van der Waals surface area contributed by atoms with Crippen LogP contribution in [0, 0.1) is 0 Å².